The lowest BCUT2D eigenvalue weighted by Gasteiger charge is -2.41. The van der Waals surface area contributed by atoms with Crippen LogP contribution in [0, 0.1) is 5.92 Å². The Morgan fingerprint density at radius 1 is 1.05 bits per heavy atom. The number of esters is 5. The quantitative estimate of drug-likeness (QED) is 0.0934. The average molecular weight is 624 g/mol. The van der Waals surface area contributed by atoms with Crippen molar-refractivity contribution in [1.82, 2.24) is 0 Å². The van der Waals surface area contributed by atoms with Gasteiger partial charge in [-0.1, -0.05) is 38.7 Å². The van der Waals surface area contributed by atoms with Crippen LogP contribution in [0.3, 0.4) is 0 Å². The summed E-state index contributed by atoms with van der Waals surface area (Å²) in [5, 5.41) is 23.4. The molecule has 0 spiro atoms. The highest BCUT2D eigenvalue weighted by Crippen LogP contribution is 2.56. The molecule has 44 heavy (non-hydrogen) atoms. The lowest BCUT2D eigenvalue weighted by molar-refractivity contribution is -0.211. The number of hydrogen-bond donors (Lipinski definition) is 3. The highest BCUT2D eigenvalue weighted by molar-refractivity contribution is 5.88. The second-order valence-corrected chi connectivity index (χ2v) is 12.1. The molecule has 13 nitrogen and oxygen atoms in total. The van der Waals surface area contributed by atoms with E-state index in [2.05, 4.69) is 6.92 Å². The van der Waals surface area contributed by atoms with Crippen LogP contribution >= 0.6 is 0 Å². The standard InChI is InChI=1S/C31H45NO12/c1-7-9-10-11-12-13-22(34)42-25-20(40-27(36)17(3)8-2)14-19-24(25)29(5,44-18(4)33)15-21(41-23(35)16-32)31(39)26(19)43-28(37)30(31,6)38/h8,14,20-21,24-26,38-39H,7,9-13,15-16,32H2,1-6H3/b17-8-/t20-,21-,24+,25+,26-,29-,30+,31+/m0/s1. The maximum Gasteiger partial charge on any atom is 0.341 e. The van der Waals surface area contributed by atoms with Crippen LogP contribution in [0.15, 0.2) is 23.3 Å². The van der Waals surface area contributed by atoms with E-state index in [-0.39, 0.29) is 17.6 Å². The van der Waals surface area contributed by atoms with Crippen LogP contribution in [0.25, 0.3) is 0 Å². The molecule has 2 aliphatic carbocycles. The molecule has 0 bridgehead atoms. The van der Waals surface area contributed by atoms with Gasteiger partial charge in [-0.3, -0.25) is 14.4 Å². The number of fused-ring (bicyclic) bond motifs is 3. The summed E-state index contributed by atoms with van der Waals surface area (Å²) in [5.74, 6) is -5.43. The van der Waals surface area contributed by atoms with E-state index in [0.29, 0.717) is 6.42 Å². The molecule has 1 saturated heterocycles. The summed E-state index contributed by atoms with van der Waals surface area (Å²) in [7, 11) is 0. The molecule has 1 heterocycles. The highest BCUT2D eigenvalue weighted by atomic mass is 16.6. The number of hydrogen-bond acceptors (Lipinski definition) is 13. The molecule has 0 radical (unpaired) electrons. The largest absolute Gasteiger partial charge is 0.459 e. The molecule has 13 heteroatoms. The van der Waals surface area contributed by atoms with Crippen LogP contribution in [0.1, 0.15) is 86.5 Å². The van der Waals surface area contributed by atoms with Gasteiger partial charge in [-0.2, -0.15) is 0 Å². The van der Waals surface area contributed by atoms with Crippen LogP contribution in [0.5, 0.6) is 0 Å². The Hall–Kier alpha value is -3.29. The fourth-order valence-electron chi connectivity index (χ4n) is 6.33. The first kappa shape index (κ1) is 35.2. The maximum atomic E-state index is 13.2. The van der Waals surface area contributed by atoms with Crippen molar-refractivity contribution in [3.63, 3.8) is 0 Å². The van der Waals surface area contributed by atoms with Gasteiger partial charge in [0.2, 0.25) is 0 Å². The predicted molar refractivity (Wildman–Crippen MR) is 153 cm³/mol. The molecular formula is C31H45NO12. The van der Waals surface area contributed by atoms with Gasteiger partial charge in [0.25, 0.3) is 0 Å². The Labute approximate surface area is 257 Å². The van der Waals surface area contributed by atoms with Crippen LogP contribution < -0.4 is 5.73 Å². The van der Waals surface area contributed by atoms with Gasteiger partial charge in [0.15, 0.2) is 29.5 Å². The van der Waals surface area contributed by atoms with Gasteiger partial charge >= 0.3 is 29.8 Å². The van der Waals surface area contributed by atoms with Gasteiger partial charge in [-0.15, -0.1) is 0 Å². The zero-order chi connectivity index (χ0) is 33.0. The number of aliphatic hydroxyl groups is 2. The van der Waals surface area contributed by atoms with Gasteiger partial charge in [-0.05, 0) is 45.8 Å². The number of nitrogens with two attached hydrogens (primary N) is 1. The predicted octanol–water partition coefficient (Wildman–Crippen LogP) is 1.70. The molecule has 0 aromatic heterocycles. The number of rotatable bonds is 12. The molecular weight excluding hydrogens is 578 g/mol. The molecule has 8 atom stereocenters. The minimum absolute atomic E-state index is 0.0605. The van der Waals surface area contributed by atoms with E-state index in [0.717, 1.165) is 39.5 Å². The van der Waals surface area contributed by atoms with E-state index in [9.17, 15) is 34.2 Å². The number of unbranched alkanes of at least 4 members (excludes halogenated alkanes) is 4. The van der Waals surface area contributed by atoms with E-state index >= 15 is 0 Å². The Balaban J connectivity index is 2.17. The summed E-state index contributed by atoms with van der Waals surface area (Å²) in [6.45, 7) is 8.30. The van der Waals surface area contributed by atoms with Crippen molar-refractivity contribution in [2.75, 3.05) is 6.54 Å². The van der Waals surface area contributed by atoms with Gasteiger partial charge in [-0.25, -0.2) is 9.59 Å². The number of carbonyl (C=O) groups excluding carboxylic acids is 5. The van der Waals surface area contributed by atoms with E-state index in [1.54, 1.807) is 6.92 Å². The van der Waals surface area contributed by atoms with Crippen molar-refractivity contribution in [3.8, 4) is 0 Å². The van der Waals surface area contributed by atoms with Crippen LogP contribution in [-0.2, 0) is 47.7 Å². The zero-order valence-electron chi connectivity index (χ0n) is 26.3. The lowest BCUT2D eigenvalue weighted by Crippen LogP contribution is -2.64. The van der Waals surface area contributed by atoms with E-state index in [1.807, 2.05) is 0 Å². The summed E-state index contributed by atoms with van der Waals surface area (Å²) < 4.78 is 28.5. The highest BCUT2D eigenvalue weighted by Gasteiger charge is 2.75. The van der Waals surface area contributed by atoms with Crippen LogP contribution in [0.2, 0.25) is 0 Å². The third-order valence-electron chi connectivity index (χ3n) is 8.78. The topological polar surface area (TPSA) is 198 Å². The van der Waals surface area contributed by atoms with Crippen molar-refractivity contribution in [2.45, 2.75) is 128 Å². The molecule has 3 aliphatic rings. The molecule has 4 N–H and O–H groups in total. The summed E-state index contributed by atoms with van der Waals surface area (Å²) in [6, 6.07) is 0. The zero-order valence-corrected chi connectivity index (χ0v) is 26.3. The number of carbonyl (C=O) groups is 5. The molecule has 0 aromatic rings. The molecule has 0 amide bonds. The van der Waals surface area contributed by atoms with Gasteiger partial charge in [0.1, 0.15) is 11.7 Å². The van der Waals surface area contributed by atoms with Crippen molar-refractivity contribution in [2.24, 2.45) is 11.7 Å². The Morgan fingerprint density at radius 3 is 2.30 bits per heavy atom. The molecule has 3 rings (SSSR count). The van der Waals surface area contributed by atoms with Crippen LogP contribution in [-0.4, -0.2) is 87.8 Å². The Kier molecular flexibility index (Phi) is 11.0. The number of ether oxygens (including phenoxy) is 5. The minimum Gasteiger partial charge on any atom is -0.459 e. The molecule has 2 fully saturated rings. The first-order chi connectivity index (χ1) is 20.6. The Morgan fingerprint density at radius 2 is 1.70 bits per heavy atom. The average Bonchev–Trinajstić information content (AvgIpc) is 3.36. The van der Waals surface area contributed by atoms with Crippen molar-refractivity contribution in [1.29, 1.82) is 0 Å². The molecule has 1 saturated carbocycles. The smallest absolute Gasteiger partial charge is 0.341 e. The summed E-state index contributed by atoms with van der Waals surface area (Å²) in [6.07, 6.45) is 0.944. The second kappa shape index (κ2) is 13.8. The normalized spacial score (nSPS) is 34.6. The molecule has 246 valence electrons. The molecule has 0 unspecified atom stereocenters. The maximum absolute atomic E-state index is 13.2. The fraction of sp³-hybridized carbons (Fsp3) is 0.710. The summed E-state index contributed by atoms with van der Waals surface area (Å²) in [4.78, 5) is 63.9. The van der Waals surface area contributed by atoms with Gasteiger partial charge in [0, 0.05) is 25.3 Å². The van der Waals surface area contributed by atoms with Crippen molar-refractivity contribution in [3.05, 3.63) is 23.3 Å². The third-order valence-corrected chi connectivity index (χ3v) is 8.78. The van der Waals surface area contributed by atoms with Crippen molar-refractivity contribution >= 4 is 29.8 Å². The first-order valence-electron chi connectivity index (χ1n) is 15.1. The van der Waals surface area contributed by atoms with Gasteiger partial charge in [0.05, 0.1) is 12.5 Å². The lowest BCUT2D eigenvalue weighted by atomic mass is 9.75. The first-order valence-corrected chi connectivity index (χ1v) is 15.1. The van der Waals surface area contributed by atoms with E-state index in [1.165, 1.54) is 26.0 Å². The molecule has 0 aromatic carbocycles. The van der Waals surface area contributed by atoms with E-state index in [4.69, 9.17) is 29.4 Å². The van der Waals surface area contributed by atoms with Crippen LogP contribution in [0.4, 0.5) is 0 Å². The summed E-state index contributed by atoms with van der Waals surface area (Å²) >= 11 is 0. The Bertz CT molecular complexity index is 1210. The fourth-order valence-corrected chi connectivity index (χ4v) is 6.33. The van der Waals surface area contributed by atoms with E-state index < -0.39 is 89.9 Å². The van der Waals surface area contributed by atoms with Gasteiger partial charge < -0.3 is 39.6 Å². The molecule has 1 aliphatic heterocycles. The number of allylic oxidation sites excluding steroid dienone is 1. The minimum atomic E-state index is -2.61. The monoisotopic (exact) mass is 623 g/mol. The summed E-state index contributed by atoms with van der Waals surface area (Å²) in [5.41, 5.74) is -1.13. The third kappa shape index (κ3) is 6.69. The van der Waals surface area contributed by atoms with Crippen molar-refractivity contribution < 1.29 is 57.9 Å². The second-order valence-electron chi connectivity index (χ2n) is 12.1. The SMILES string of the molecule is C/C=C(/C)C(=O)O[C@H]1C=C2[C@H]([C@@H]1OC(=O)CCCCCCC)[C@@](C)(OC(C)=O)C[C@H](OC(=O)CN)[C@@]1(O)[C@H]2OC(=O)[C@@]1(C)O.